The second-order valence-corrected chi connectivity index (χ2v) is 6.29. The van der Waals surface area contributed by atoms with Gasteiger partial charge in [-0.2, -0.15) is 0 Å². The molecule has 0 bridgehead atoms. The van der Waals surface area contributed by atoms with Crippen molar-refractivity contribution in [2.45, 2.75) is 39.0 Å². The topological polar surface area (TPSA) is 68.5 Å². The Morgan fingerprint density at radius 2 is 2.00 bits per heavy atom. The molecule has 1 aliphatic rings. The van der Waals surface area contributed by atoms with Gasteiger partial charge in [-0.05, 0) is 31.4 Å². The number of aliphatic carboxylic acids is 1. The number of ether oxygens (including phenoxy) is 1. The second-order valence-electron chi connectivity index (χ2n) is 6.29. The third kappa shape index (κ3) is 2.66. The average molecular weight is 333 g/mol. The van der Waals surface area contributed by atoms with E-state index in [2.05, 4.69) is 0 Å². The number of carbonyl (C=O) groups is 2. The maximum atomic E-state index is 14.2. The number of carboxylic acids is 1. The molecule has 0 atom stereocenters. The molecule has 1 heterocycles. The van der Waals surface area contributed by atoms with E-state index in [1.807, 2.05) is 0 Å². The monoisotopic (exact) mass is 333 g/mol. The number of carbonyl (C=O) groups excluding carboxylic acids is 1. The first-order valence-corrected chi connectivity index (χ1v) is 8.07. The van der Waals surface area contributed by atoms with E-state index in [4.69, 9.17) is 4.74 Å². The number of nitrogens with zero attached hydrogens (tertiary/aromatic N) is 1. The highest BCUT2D eigenvalue weighted by molar-refractivity contribution is 5.99. The van der Waals surface area contributed by atoms with Crippen molar-refractivity contribution in [3.05, 3.63) is 29.2 Å². The third-order valence-corrected chi connectivity index (χ3v) is 4.86. The minimum atomic E-state index is -0.992. The fourth-order valence-corrected chi connectivity index (χ4v) is 3.65. The summed E-state index contributed by atoms with van der Waals surface area (Å²) >= 11 is 0. The lowest BCUT2D eigenvalue weighted by molar-refractivity contribution is -0.136. The molecule has 5 nitrogen and oxygen atoms in total. The van der Waals surface area contributed by atoms with E-state index in [0.29, 0.717) is 22.2 Å². The zero-order valence-electron chi connectivity index (χ0n) is 13.8. The Morgan fingerprint density at radius 3 is 2.58 bits per heavy atom. The number of hydrogen-bond acceptors (Lipinski definition) is 3. The average Bonchev–Trinajstić information content (AvgIpc) is 3.14. The van der Waals surface area contributed by atoms with Crippen molar-refractivity contribution in [2.75, 3.05) is 7.11 Å². The van der Waals surface area contributed by atoms with Crippen LogP contribution in [-0.4, -0.2) is 28.7 Å². The molecule has 0 aliphatic heterocycles. The van der Waals surface area contributed by atoms with Gasteiger partial charge in [0.2, 0.25) is 5.91 Å². The van der Waals surface area contributed by atoms with Crippen molar-refractivity contribution < 1.29 is 23.8 Å². The summed E-state index contributed by atoms with van der Waals surface area (Å²) in [4.78, 5) is 24.1. The lowest BCUT2D eigenvalue weighted by Gasteiger charge is -2.12. The van der Waals surface area contributed by atoms with Crippen LogP contribution in [0.1, 0.15) is 41.7 Å². The Bertz CT molecular complexity index is 818. The summed E-state index contributed by atoms with van der Waals surface area (Å²) in [5.41, 5.74) is 1.51. The molecular weight excluding hydrogens is 313 g/mol. The van der Waals surface area contributed by atoms with Crippen LogP contribution in [0, 0.1) is 18.7 Å². The molecule has 2 aromatic rings. The highest BCUT2D eigenvalue weighted by Crippen LogP contribution is 2.34. The van der Waals surface area contributed by atoms with Crippen LogP contribution in [0.5, 0.6) is 5.75 Å². The van der Waals surface area contributed by atoms with E-state index in [1.54, 1.807) is 6.92 Å². The molecule has 1 N–H and O–H groups in total. The number of aromatic nitrogens is 1. The first-order valence-electron chi connectivity index (χ1n) is 8.07. The van der Waals surface area contributed by atoms with Crippen LogP contribution in [0.15, 0.2) is 12.1 Å². The van der Waals surface area contributed by atoms with Crippen LogP contribution in [0.3, 0.4) is 0 Å². The van der Waals surface area contributed by atoms with Gasteiger partial charge in [0.1, 0.15) is 0 Å². The summed E-state index contributed by atoms with van der Waals surface area (Å²) in [6.45, 7) is 1.72. The number of rotatable bonds is 4. The summed E-state index contributed by atoms with van der Waals surface area (Å²) in [5, 5.41) is 9.75. The van der Waals surface area contributed by atoms with Crippen LogP contribution in [-0.2, 0) is 11.2 Å². The molecule has 0 saturated heterocycles. The van der Waals surface area contributed by atoms with Crippen LogP contribution in [0.25, 0.3) is 10.9 Å². The summed E-state index contributed by atoms with van der Waals surface area (Å²) in [6, 6.07) is 2.74. The Hall–Kier alpha value is -2.37. The Balaban J connectivity index is 2.23. The van der Waals surface area contributed by atoms with Crippen LogP contribution >= 0.6 is 0 Å². The molecular formula is C18H20FNO4. The van der Waals surface area contributed by atoms with E-state index in [1.165, 1.54) is 23.8 Å². The number of benzene rings is 1. The van der Waals surface area contributed by atoms with Gasteiger partial charge in [-0.15, -0.1) is 0 Å². The van der Waals surface area contributed by atoms with Crippen molar-refractivity contribution in [1.29, 1.82) is 0 Å². The molecule has 128 valence electrons. The molecule has 3 rings (SSSR count). The van der Waals surface area contributed by atoms with Crippen molar-refractivity contribution >= 4 is 22.8 Å². The summed E-state index contributed by atoms with van der Waals surface area (Å²) in [7, 11) is 1.36. The van der Waals surface area contributed by atoms with E-state index in [0.717, 1.165) is 25.7 Å². The minimum Gasteiger partial charge on any atom is -0.494 e. The van der Waals surface area contributed by atoms with Crippen molar-refractivity contribution in [3.63, 3.8) is 0 Å². The zero-order valence-corrected chi connectivity index (χ0v) is 13.8. The molecule has 6 heteroatoms. The maximum absolute atomic E-state index is 14.2. The van der Waals surface area contributed by atoms with Gasteiger partial charge >= 0.3 is 5.97 Å². The van der Waals surface area contributed by atoms with Gasteiger partial charge in [0, 0.05) is 23.1 Å². The summed E-state index contributed by atoms with van der Waals surface area (Å²) in [5.74, 6) is -1.67. The molecule has 1 fully saturated rings. The normalized spacial score (nSPS) is 15.1. The molecule has 1 aromatic carbocycles. The molecule has 0 unspecified atom stereocenters. The molecule has 1 aromatic heterocycles. The SMILES string of the molecule is COc1cc2c(CC(=O)O)c(C)n(C(=O)C3CCCC3)c2cc1F. The first-order chi connectivity index (χ1) is 11.4. The predicted octanol–water partition coefficient (Wildman–Crippen LogP) is 3.55. The highest BCUT2D eigenvalue weighted by atomic mass is 19.1. The van der Waals surface area contributed by atoms with E-state index >= 15 is 0 Å². The number of methoxy groups -OCH3 is 1. The standard InChI is InChI=1S/C18H20FNO4/c1-10-12(8-17(21)22)13-7-16(24-2)14(19)9-15(13)20(10)18(23)11-5-3-4-6-11/h7,9,11H,3-6,8H2,1-2H3,(H,21,22). The largest absolute Gasteiger partial charge is 0.494 e. The predicted molar refractivity (Wildman–Crippen MR) is 87.1 cm³/mol. The number of carboxylic acid groups (broad SMARTS) is 1. The van der Waals surface area contributed by atoms with Gasteiger partial charge in [0.05, 0.1) is 19.0 Å². The van der Waals surface area contributed by atoms with E-state index < -0.39 is 11.8 Å². The number of halogens is 1. The minimum absolute atomic E-state index is 0.0413. The Labute approximate surface area is 139 Å². The van der Waals surface area contributed by atoms with Crippen molar-refractivity contribution in [2.24, 2.45) is 5.92 Å². The summed E-state index contributed by atoms with van der Waals surface area (Å²) < 4.78 is 20.7. The molecule has 0 amide bonds. The van der Waals surface area contributed by atoms with Gasteiger partial charge in [0.25, 0.3) is 0 Å². The maximum Gasteiger partial charge on any atom is 0.307 e. The van der Waals surface area contributed by atoms with Gasteiger partial charge in [-0.3, -0.25) is 14.2 Å². The quantitative estimate of drug-likeness (QED) is 0.929. The fraction of sp³-hybridized carbons (Fsp3) is 0.444. The lowest BCUT2D eigenvalue weighted by Crippen LogP contribution is -2.20. The van der Waals surface area contributed by atoms with Crippen LogP contribution in [0.2, 0.25) is 0 Å². The highest BCUT2D eigenvalue weighted by Gasteiger charge is 2.28. The summed E-state index contributed by atoms with van der Waals surface area (Å²) in [6.07, 6.45) is 3.45. The fourth-order valence-electron chi connectivity index (χ4n) is 3.65. The number of hydrogen-bond donors (Lipinski definition) is 1. The zero-order chi connectivity index (χ0) is 17.4. The molecule has 1 aliphatic carbocycles. The molecule has 1 saturated carbocycles. The third-order valence-electron chi connectivity index (χ3n) is 4.86. The molecule has 0 spiro atoms. The van der Waals surface area contributed by atoms with Crippen LogP contribution in [0.4, 0.5) is 4.39 Å². The van der Waals surface area contributed by atoms with Gasteiger partial charge < -0.3 is 9.84 Å². The Morgan fingerprint density at radius 1 is 1.33 bits per heavy atom. The second kappa shape index (κ2) is 6.26. The first kappa shape index (κ1) is 16.5. The van der Waals surface area contributed by atoms with Crippen molar-refractivity contribution in [1.82, 2.24) is 4.57 Å². The van der Waals surface area contributed by atoms with Crippen LogP contribution < -0.4 is 4.74 Å². The van der Waals surface area contributed by atoms with E-state index in [9.17, 15) is 19.1 Å². The molecule has 24 heavy (non-hydrogen) atoms. The van der Waals surface area contributed by atoms with E-state index in [-0.39, 0.29) is 24.0 Å². The van der Waals surface area contributed by atoms with Crippen molar-refractivity contribution in [3.8, 4) is 5.75 Å². The molecule has 0 radical (unpaired) electrons. The Kier molecular flexibility index (Phi) is 4.30. The number of fused-ring (bicyclic) bond motifs is 1. The van der Waals surface area contributed by atoms with Gasteiger partial charge in [-0.25, -0.2) is 4.39 Å². The van der Waals surface area contributed by atoms with Gasteiger partial charge in [-0.1, -0.05) is 12.8 Å². The smallest absolute Gasteiger partial charge is 0.307 e. The lowest BCUT2D eigenvalue weighted by atomic mass is 10.1. The van der Waals surface area contributed by atoms with Gasteiger partial charge in [0.15, 0.2) is 11.6 Å².